The lowest BCUT2D eigenvalue weighted by atomic mass is 9.88. The third-order valence-electron chi connectivity index (χ3n) is 3.33. The van der Waals surface area contributed by atoms with Gasteiger partial charge < -0.3 is 4.74 Å². The van der Waals surface area contributed by atoms with Gasteiger partial charge in [-0.15, -0.1) is 0 Å². The molecular formula is C14H18F2O2. The number of ether oxygens (including phenoxy) is 1. The van der Waals surface area contributed by atoms with E-state index in [9.17, 15) is 13.6 Å². The van der Waals surface area contributed by atoms with Gasteiger partial charge in [-0.2, -0.15) is 0 Å². The predicted octanol–water partition coefficient (Wildman–Crippen LogP) is 3.28. The Morgan fingerprint density at radius 1 is 1.17 bits per heavy atom. The summed E-state index contributed by atoms with van der Waals surface area (Å²) in [6.07, 6.45) is 1.05. The van der Waals surface area contributed by atoms with E-state index in [2.05, 4.69) is 0 Å². The summed E-state index contributed by atoms with van der Waals surface area (Å²) in [6.45, 7) is 3.72. The molecule has 0 fully saturated rings. The summed E-state index contributed by atoms with van der Waals surface area (Å²) in [6, 6.07) is 3.14. The Morgan fingerprint density at radius 3 is 2.06 bits per heavy atom. The number of benzene rings is 1. The number of carbonyl (C=O) groups is 1. The lowest BCUT2D eigenvalue weighted by molar-refractivity contribution is -0.141. The fraction of sp³-hybridized carbons (Fsp3) is 0.500. The Labute approximate surface area is 106 Å². The molecule has 0 N–H and O–H groups in total. The number of ketones is 1. The molecule has 0 saturated heterocycles. The summed E-state index contributed by atoms with van der Waals surface area (Å²) >= 11 is 0. The highest BCUT2D eigenvalue weighted by atomic mass is 19.1. The third kappa shape index (κ3) is 3.13. The van der Waals surface area contributed by atoms with Crippen molar-refractivity contribution in [1.29, 1.82) is 0 Å². The van der Waals surface area contributed by atoms with Gasteiger partial charge in [0.25, 0.3) is 0 Å². The SMILES string of the molecule is CCC(CC)(OC)C(=O)Cc1cc(F)cc(F)c1. The highest BCUT2D eigenvalue weighted by Gasteiger charge is 2.34. The molecule has 0 spiro atoms. The Kier molecular flexibility index (Phi) is 4.96. The average Bonchev–Trinajstić information content (AvgIpc) is 2.30. The first-order valence-electron chi connectivity index (χ1n) is 6.00. The predicted molar refractivity (Wildman–Crippen MR) is 65.4 cm³/mol. The van der Waals surface area contributed by atoms with Crippen molar-refractivity contribution < 1.29 is 18.3 Å². The van der Waals surface area contributed by atoms with E-state index in [0.717, 1.165) is 6.07 Å². The molecule has 0 bridgehead atoms. The standard InChI is InChI=1S/C14H18F2O2/c1-4-14(5-2,18-3)13(17)8-10-6-11(15)9-12(16)7-10/h6-7,9H,4-5,8H2,1-3H3. The van der Waals surface area contributed by atoms with Gasteiger partial charge in [0.1, 0.15) is 17.2 Å². The molecule has 0 aliphatic heterocycles. The van der Waals surface area contributed by atoms with E-state index in [1.165, 1.54) is 19.2 Å². The Morgan fingerprint density at radius 2 is 1.67 bits per heavy atom. The molecule has 0 amide bonds. The van der Waals surface area contributed by atoms with Crippen LogP contribution in [0.3, 0.4) is 0 Å². The van der Waals surface area contributed by atoms with Crippen LogP contribution in [0, 0.1) is 11.6 Å². The number of hydrogen-bond acceptors (Lipinski definition) is 2. The van der Waals surface area contributed by atoms with Crippen molar-refractivity contribution in [2.75, 3.05) is 7.11 Å². The van der Waals surface area contributed by atoms with Crippen LogP contribution >= 0.6 is 0 Å². The van der Waals surface area contributed by atoms with Crippen LogP contribution in [0.25, 0.3) is 0 Å². The summed E-state index contributed by atoms with van der Waals surface area (Å²) < 4.78 is 31.4. The van der Waals surface area contributed by atoms with Gasteiger partial charge in [0.2, 0.25) is 0 Å². The van der Waals surface area contributed by atoms with Gasteiger partial charge in [-0.1, -0.05) is 13.8 Å². The molecule has 0 radical (unpaired) electrons. The first-order chi connectivity index (χ1) is 8.47. The van der Waals surface area contributed by atoms with E-state index >= 15 is 0 Å². The summed E-state index contributed by atoms with van der Waals surface area (Å²) in [4.78, 5) is 12.2. The molecular weight excluding hydrogens is 238 g/mol. The van der Waals surface area contributed by atoms with E-state index in [4.69, 9.17) is 4.74 Å². The lowest BCUT2D eigenvalue weighted by Crippen LogP contribution is -2.40. The summed E-state index contributed by atoms with van der Waals surface area (Å²) in [5.41, 5.74) is -0.524. The second-order valence-electron chi connectivity index (χ2n) is 4.28. The van der Waals surface area contributed by atoms with Gasteiger partial charge in [-0.25, -0.2) is 8.78 Å². The Hall–Kier alpha value is -1.29. The molecule has 0 aliphatic carbocycles. The number of rotatable bonds is 6. The second-order valence-corrected chi connectivity index (χ2v) is 4.28. The van der Waals surface area contributed by atoms with Gasteiger partial charge in [-0.05, 0) is 30.5 Å². The molecule has 0 saturated carbocycles. The zero-order valence-corrected chi connectivity index (χ0v) is 10.9. The van der Waals surface area contributed by atoms with E-state index in [0.29, 0.717) is 18.4 Å². The van der Waals surface area contributed by atoms with Crippen molar-refractivity contribution in [3.8, 4) is 0 Å². The summed E-state index contributed by atoms with van der Waals surface area (Å²) in [5.74, 6) is -1.50. The van der Waals surface area contributed by atoms with Crippen molar-refractivity contribution in [3.63, 3.8) is 0 Å². The maximum Gasteiger partial charge on any atom is 0.168 e. The fourth-order valence-electron chi connectivity index (χ4n) is 2.11. The molecule has 0 heterocycles. The van der Waals surface area contributed by atoms with Crippen LogP contribution in [0.2, 0.25) is 0 Å². The highest BCUT2D eigenvalue weighted by molar-refractivity contribution is 5.89. The van der Waals surface area contributed by atoms with E-state index in [1.54, 1.807) is 0 Å². The number of halogens is 2. The molecule has 2 nitrogen and oxygen atoms in total. The first-order valence-corrected chi connectivity index (χ1v) is 6.00. The molecule has 1 aromatic rings. The number of hydrogen-bond donors (Lipinski definition) is 0. The van der Waals surface area contributed by atoms with Crippen molar-refractivity contribution >= 4 is 5.78 Å². The van der Waals surface area contributed by atoms with Crippen LogP contribution in [0.1, 0.15) is 32.3 Å². The van der Waals surface area contributed by atoms with Crippen molar-refractivity contribution in [2.45, 2.75) is 38.7 Å². The first kappa shape index (κ1) is 14.8. The molecule has 0 unspecified atom stereocenters. The molecule has 4 heteroatoms. The maximum atomic E-state index is 13.0. The smallest absolute Gasteiger partial charge is 0.168 e. The molecule has 1 rings (SSSR count). The van der Waals surface area contributed by atoms with E-state index < -0.39 is 17.2 Å². The maximum absolute atomic E-state index is 13.0. The van der Waals surface area contributed by atoms with Gasteiger partial charge >= 0.3 is 0 Å². The van der Waals surface area contributed by atoms with Crippen LogP contribution in [0.15, 0.2) is 18.2 Å². The van der Waals surface area contributed by atoms with Gasteiger partial charge in [0, 0.05) is 19.6 Å². The minimum Gasteiger partial charge on any atom is -0.370 e. The van der Waals surface area contributed by atoms with Crippen LogP contribution in [-0.4, -0.2) is 18.5 Å². The van der Waals surface area contributed by atoms with Crippen LogP contribution in [-0.2, 0) is 16.0 Å². The van der Waals surface area contributed by atoms with Crippen molar-refractivity contribution in [3.05, 3.63) is 35.4 Å². The zero-order valence-electron chi connectivity index (χ0n) is 10.9. The monoisotopic (exact) mass is 256 g/mol. The fourth-order valence-corrected chi connectivity index (χ4v) is 2.11. The van der Waals surface area contributed by atoms with Crippen LogP contribution in [0.4, 0.5) is 8.78 Å². The zero-order chi connectivity index (χ0) is 13.8. The lowest BCUT2D eigenvalue weighted by Gasteiger charge is -2.28. The number of carbonyl (C=O) groups excluding carboxylic acids is 1. The molecule has 100 valence electrons. The van der Waals surface area contributed by atoms with Gasteiger partial charge in [0.05, 0.1) is 0 Å². The molecule has 0 aromatic heterocycles. The summed E-state index contributed by atoms with van der Waals surface area (Å²) in [5, 5.41) is 0. The highest BCUT2D eigenvalue weighted by Crippen LogP contribution is 2.23. The molecule has 18 heavy (non-hydrogen) atoms. The third-order valence-corrected chi connectivity index (χ3v) is 3.33. The second kappa shape index (κ2) is 6.05. The molecule has 1 aromatic carbocycles. The van der Waals surface area contributed by atoms with Gasteiger partial charge in [-0.3, -0.25) is 4.79 Å². The minimum absolute atomic E-state index is 0.0236. The Bertz CT molecular complexity index is 397. The molecule has 0 atom stereocenters. The topological polar surface area (TPSA) is 26.3 Å². The van der Waals surface area contributed by atoms with Crippen LogP contribution < -0.4 is 0 Å². The minimum atomic E-state index is -0.858. The normalized spacial score (nSPS) is 11.6. The average molecular weight is 256 g/mol. The van der Waals surface area contributed by atoms with E-state index in [1.807, 2.05) is 13.8 Å². The Balaban J connectivity index is 2.92. The van der Waals surface area contributed by atoms with E-state index in [-0.39, 0.29) is 12.2 Å². The quantitative estimate of drug-likeness (QED) is 0.780. The van der Waals surface area contributed by atoms with Crippen molar-refractivity contribution in [1.82, 2.24) is 0 Å². The largest absolute Gasteiger partial charge is 0.370 e. The van der Waals surface area contributed by atoms with Crippen molar-refractivity contribution in [2.24, 2.45) is 0 Å². The number of Topliss-reactive ketones (excluding diaryl/α,β-unsaturated/α-hetero) is 1. The summed E-state index contributed by atoms with van der Waals surface area (Å²) in [7, 11) is 1.48. The van der Waals surface area contributed by atoms with Gasteiger partial charge in [0.15, 0.2) is 5.78 Å². The van der Waals surface area contributed by atoms with Crippen LogP contribution in [0.5, 0.6) is 0 Å². The number of methoxy groups -OCH3 is 1. The molecule has 0 aliphatic rings.